The molecule has 0 saturated carbocycles. The molecule has 1 aromatic rings. The number of ether oxygens (including phenoxy) is 2. The van der Waals surface area contributed by atoms with Crippen LogP contribution in [-0.2, 0) is 20.9 Å². The van der Waals surface area contributed by atoms with E-state index >= 15 is 0 Å². The molecule has 0 fully saturated rings. The lowest BCUT2D eigenvalue weighted by molar-refractivity contribution is -0.125. The van der Waals surface area contributed by atoms with Crippen LogP contribution < -0.4 is 11.1 Å². The molecular formula is C27H37N5O4. The first-order valence-electron chi connectivity index (χ1n) is 12.2. The van der Waals surface area contributed by atoms with E-state index in [1.165, 1.54) is 0 Å². The van der Waals surface area contributed by atoms with E-state index in [0.29, 0.717) is 24.8 Å². The van der Waals surface area contributed by atoms with Gasteiger partial charge in [0.05, 0.1) is 42.1 Å². The Labute approximate surface area is 213 Å². The number of benzene rings is 1. The average molecular weight is 496 g/mol. The minimum absolute atomic E-state index is 0.0856. The van der Waals surface area contributed by atoms with Crippen LogP contribution in [0.15, 0.2) is 64.3 Å². The number of rotatable bonds is 11. The lowest BCUT2D eigenvalue weighted by atomic mass is 9.83. The van der Waals surface area contributed by atoms with Gasteiger partial charge in [0.15, 0.2) is 0 Å². The summed E-state index contributed by atoms with van der Waals surface area (Å²) in [7, 11) is 1.72. The number of amides is 2. The predicted octanol–water partition coefficient (Wildman–Crippen LogP) is 3.07. The maximum absolute atomic E-state index is 12.8. The molecule has 3 N–H and O–H groups in total. The van der Waals surface area contributed by atoms with Gasteiger partial charge in [-0.1, -0.05) is 56.3 Å². The number of hydrogen-bond donors (Lipinski definition) is 2. The monoisotopic (exact) mass is 495 g/mol. The van der Waals surface area contributed by atoms with Crippen molar-refractivity contribution in [3.05, 3.63) is 59.7 Å². The molecule has 2 atom stereocenters. The molecule has 9 heteroatoms. The minimum Gasteiger partial charge on any atom is -0.445 e. The van der Waals surface area contributed by atoms with Crippen LogP contribution in [0.2, 0.25) is 0 Å². The van der Waals surface area contributed by atoms with Gasteiger partial charge in [0.1, 0.15) is 6.61 Å². The number of nitrogens with zero attached hydrogens (tertiary/aromatic N) is 3. The van der Waals surface area contributed by atoms with Crippen LogP contribution in [0.25, 0.3) is 0 Å². The molecule has 194 valence electrons. The van der Waals surface area contributed by atoms with Gasteiger partial charge in [-0.2, -0.15) is 10.2 Å². The van der Waals surface area contributed by atoms with Gasteiger partial charge < -0.3 is 25.4 Å². The van der Waals surface area contributed by atoms with Gasteiger partial charge in [-0.3, -0.25) is 4.79 Å². The van der Waals surface area contributed by atoms with Gasteiger partial charge in [-0.25, -0.2) is 4.79 Å². The summed E-state index contributed by atoms with van der Waals surface area (Å²) in [6.45, 7) is 8.62. The number of nitrogens with one attached hydrogen (secondary N) is 1. The van der Waals surface area contributed by atoms with Crippen molar-refractivity contribution in [1.82, 2.24) is 10.2 Å². The lowest BCUT2D eigenvalue weighted by Gasteiger charge is -2.29. The van der Waals surface area contributed by atoms with Crippen molar-refractivity contribution in [1.29, 1.82) is 0 Å². The van der Waals surface area contributed by atoms with Crippen molar-refractivity contribution < 1.29 is 19.1 Å². The topological polar surface area (TPSA) is 119 Å². The van der Waals surface area contributed by atoms with Crippen molar-refractivity contribution in [2.75, 3.05) is 26.8 Å². The smallest absolute Gasteiger partial charge is 0.409 e. The Morgan fingerprint density at radius 1 is 1.17 bits per heavy atom. The standard InChI is InChI=1S/C27H37N5O4/c1-18(2)14-32(5)26(34)36-16-20-12-9-13-21-23(20)24(31-30-21)22(29-25(33)27(3,4)28)17-35-15-19-10-7-6-8-11-19/h6-13,18,22-23H,14-17,28H2,1-5H3,(H,29,33)/t22-,23?/m1/s1. The van der Waals surface area contributed by atoms with Crippen molar-refractivity contribution in [2.24, 2.45) is 27.8 Å². The normalized spacial score (nSPS) is 17.6. The van der Waals surface area contributed by atoms with Crippen LogP contribution in [0.1, 0.15) is 33.3 Å². The molecule has 0 radical (unpaired) electrons. The number of fused-ring (bicyclic) bond motifs is 1. The summed E-state index contributed by atoms with van der Waals surface area (Å²) in [6, 6.07) is 9.22. The Hall–Kier alpha value is -3.30. The van der Waals surface area contributed by atoms with Crippen molar-refractivity contribution >= 4 is 23.4 Å². The fourth-order valence-corrected chi connectivity index (χ4v) is 3.95. The van der Waals surface area contributed by atoms with E-state index in [9.17, 15) is 9.59 Å². The zero-order valence-electron chi connectivity index (χ0n) is 21.7. The summed E-state index contributed by atoms with van der Waals surface area (Å²) in [5.74, 6) is -0.325. The predicted molar refractivity (Wildman–Crippen MR) is 141 cm³/mol. The fraction of sp³-hybridized carbons (Fsp3) is 0.481. The average Bonchev–Trinajstić information content (AvgIpc) is 3.26. The zero-order chi connectivity index (χ0) is 26.3. The first-order valence-corrected chi connectivity index (χ1v) is 12.2. The van der Waals surface area contributed by atoms with E-state index < -0.39 is 17.7 Å². The summed E-state index contributed by atoms with van der Waals surface area (Å²) in [5.41, 5.74) is 8.16. The molecule has 0 saturated heterocycles. The highest BCUT2D eigenvalue weighted by molar-refractivity contribution is 6.20. The molecule has 3 rings (SSSR count). The number of carbonyl (C=O) groups excluding carboxylic acids is 2. The SMILES string of the molecule is CC(C)CN(C)C(=O)OCC1=CC=CC2=NN=C([C@@H](COCc3ccccc3)NC(=O)C(C)(C)N)C12. The molecule has 0 bridgehead atoms. The number of nitrogens with two attached hydrogens (primary N) is 1. The Morgan fingerprint density at radius 3 is 2.56 bits per heavy atom. The van der Waals surface area contributed by atoms with Crippen LogP contribution >= 0.6 is 0 Å². The number of carbonyl (C=O) groups is 2. The van der Waals surface area contributed by atoms with E-state index in [-0.39, 0.29) is 25.0 Å². The molecule has 0 spiro atoms. The van der Waals surface area contributed by atoms with Crippen LogP contribution in [0, 0.1) is 11.8 Å². The van der Waals surface area contributed by atoms with E-state index in [0.717, 1.165) is 16.8 Å². The third-order valence-electron chi connectivity index (χ3n) is 5.78. The Bertz CT molecular complexity index is 1050. The van der Waals surface area contributed by atoms with Crippen LogP contribution in [0.4, 0.5) is 4.79 Å². The van der Waals surface area contributed by atoms with Gasteiger partial charge in [-0.05, 0) is 37.0 Å². The molecule has 9 nitrogen and oxygen atoms in total. The molecule has 1 unspecified atom stereocenters. The van der Waals surface area contributed by atoms with Crippen LogP contribution in [0.5, 0.6) is 0 Å². The maximum Gasteiger partial charge on any atom is 0.409 e. The molecule has 1 aliphatic carbocycles. The van der Waals surface area contributed by atoms with E-state index in [4.69, 9.17) is 15.2 Å². The Balaban J connectivity index is 1.73. The zero-order valence-corrected chi connectivity index (χ0v) is 21.7. The Kier molecular flexibility index (Phi) is 9.17. The third-order valence-corrected chi connectivity index (χ3v) is 5.78. The highest BCUT2D eigenvalue weighted by Crippen LogP contribution is 2.27. The molecular weight excluding hydrogens is 458 g/mol. The second kappa shape index (κ2) is 12.1. The summed E-state index contributed by atoms with van der Waals surface area (Å²) in [6.07, 6.45) is 5.23. The quantitative estimate of drug-likeness (QED) is 0.489. The van der Waals surface area contributed by atoms with E-state index in [1.54, 1.807) is 25.8 Å². The molecule has 0 aromatic heterocycles. The summed E-state index contributed by atoms with van der Waals surface area (Å²) < 4.78 is 11.6. The summed E-state index contributed by atoms with van der Waals surface area (Å²) in [4.78, 5) is 26.8. The van der Waals surface area contributed by atoms with Gasteiger partial charge >= 0.3 is 6.09 Å². The van der Waals surface area contributed by atoms with Crippen molar-refractivity contribution in [3.8, 4) is 0 Å². The highest BCUT2D eigenvalue weighted by Gasteiger charge is 2.38. The first-order chi connectivity index (χ1) is 17.1. The molecule has 36 heavy (non-hydrogen) atoms. The molecule has 2 aliphatic rings. The summed E-state index contributed by atoms with van der Waals surface area (Å²) in [5, 5.41) is 11.7. The molecule has 1 aromatic carbocycles. The van der Waals surface area contributed by atoms with Gasteiger partial charge in [0.2, 0.25) is 5.91 Å². The minimum atomic E-state index is -1.08. The van der Waals surface area contributed by atoms with E-state index in [1.807, 2.05) is 62.4 Å². The fourth-order valence-electron chi connectivity index (χ4n) is 3.95. The summed E-state index contributed by atoms with van der Waals surface area (Å²) >= 11 is 0. The van der Waals surface area contributed by atoms with Gasteiger partial charge in [0.25, 0.3) is 0 Å². The number of allylic oxidation sites excluding steroid dienone is 3. The van der Waals surface area contributed by atoms with Crippen molar-refractivity contribution in [2.45, 2.75) is 45.9 Å². The molecule has 1 aliphatic heterocycles. The maximum atomic E-state index is 12.8. The second-order valence-electron chi connectivity index (χ2n) is 10.2. The van der Waals surface area contributed by atoms with E-state index in [2.05, 4.69) is 15.5 Å². The highest BCUT2D eigenvalue weighted by atomic mass is 16.6. The molecule has 2 amide bonds. The largest absolute Gasteiger partial charge is 0.445 e. The lowest BCUT2D eigenvalue weighted by Crippen LogP contribution is -2.56. The Morgan fingerprint density at radius 2 is 1.89 bits per heavy atom. The van der Waals surface area contributed by atoms with Gasteiger partial charge in [0, 0.05) is 13.6 Å². The van der Waals surface area contributed by atoms with Gasteiger partial charge in [-0.15, -0.1) is 0 Å². The third kappa shape index (κ3) is 7.35. The first kappa shape index (κ1) is 27.3. The molecule has 1 heterocycles. The van der Waals surface area contributed by atoms with Crippen LogP contribution in [0.3, 0.4) is 0 Å². The van der Waals surface area contributed by atoms with Crippen LogP contribution in [-0.4, -0.2) is 66.7 Å². The number of hydrogen-bond acceptors (Lipinski definition) is 7. The second-order valence-corrected chi connectivity index (χ2v) is 10.2. The van der Waals surface area contributed by atoms with Crippen molar-refractivity contribution in [3.63, 3.8) is 0 Å².